The van der Waals surface area contributed by atoms with Crippen LogP contribution in [0.3, 0.4) is 0 Å². The van der Waals surface area contributed by atoms with Gasteiger partial charge in [-0.05, 0) is 20.3 Å². The third-order valence-corrected chi connectivity index (χ3v) is 4.72. The predicted octanol–water partition coefficient (Wildman–Crippen LogP) is 1.82. The Morgan fingerprint density at radius 2 is 2.12 bits per heavy atom. The smallest absolute Gasteiger partial charge is 0.225 e. The van der Waals surface area contributed by atoms with Gasteiger partial charge in [0.15, 0.2) is 5.96 Å². The highest BCUT2D eigenvalue weighted by molar-refractivity contribution is 5.81. The molecule has 0 saturated carbocycles. The molecule has 7 heteroatoms. The average Bonchev–Trinajstić information content (AvgIpc) is 3.17. The number of hydrogen-bond donors (Lipinski definition) is 2. The van der Waals surface area contributed by atoms with Gasteiger partial charge < -0.3 is 20.1 Å². The Labute approximate surface area is 150 Å². The molecule has 2 heterocycles. The molecule has 1 aliphatic heterocycles. The first-order valence-corrected chi connectivity index (χ1v) is 9.02. The van der Waals surface area contributed by atoms with Crippen molar-refractivity contribution in [1.29, 1.82) is 0 Å². The van der Waals surface area contributed by atoms with Gasteiger partial charge in [-0.2, -0.15) is 0 Å². The van der Waals surface area contributed by atoms with E-state index in [-0.39, 0.29) is 23.8 Å². The van der Waals surface area contributed by atoms with E-state index in [2.05, 4.69) is 27.7 Å². The summed E-state index contributed by atoms with van der Waals surface area (Å²) in [6.07, 6.45) is 0.943. The summed E-state index contributed by atoms with van der Waals surface area (Å²) < 4.78 is 5.25. The van der Waals surface area contributed by atoms with Crippen molar-refractivity contribution in [3.05, 3.63) is 17.0 Å². The predicted molar refractivity (Wildman–Crippen MR) is 98.7 cm³/mol. The van der Waals surface area contributed by atoms with E-state index in [1.807, 2.05) is 32.6 Å². The van der Waals surface area contributed by atoms with E-state index in [1.54, 1.807) is 7.05 Å². The Morgan fingerprint density at radius 1 is 1.40 bits per heavy atom. The molecule has 2 atom stereocenters. The largest absolute Gasteiger partial charge is 0.361 e. The van der Waals surface area contributed by atoms with Crippen LogP contribution in [-0.2, 0) is 4.79 Å². The number of likely N-dealkylation sites (tertiary alicyclic amines) is 1. The molecule has 1 aliphatic rings. The zero-order chi connectivity index (χ0) is 18.6. The fraction of sp³-hybridized carbons (Fsp3) is 0.722. The van der Waals surface area contributed by atoms with Gasteiger partial charge in [-0.25, -0.2) is 0 Å². The molecule has 1 fully saturated rings. The number of guanidine groups is 1. The second-order valence-electron chi connectivity index (χ2n) is 7.16. The lowest BCUT2D eigenvalue weighted by Gasteiger charge is -2.21. The summed E-state index contributed by atoms with van der Waals surface area (Å²) in [6.45, 7) is 12.2. The van der Waals surface area contributed by atoms with Gasteiger partial charge in [-0.3, -0.25) is 9.79 Å². The summed E-state index contributed by atoms with van der Waals surface area (Å²) in [7, 11) is 1.77. The number of nitrogens with zero attached hydrogens (tertiary/aromatic N) is 3. The number of nitrogens with one attached hydrogen (secondary N) is 2. The maximum absolute atomic E-state index is 12.1. The first-order chi connectivity index (χ1) is 11.8. The summed E-state index contributed by atoms with van der Waals surface area (Å²) in [6, 6.07) is 0.239. The van der Waals surface area contributed by atoms with Crippen LogP contribution in [0, 0.1) is 19.8 Å². The zero-order valence-electron chi connectivity index (χ0n) is 16.2. The van der Waals surface area contributed by atoms with Crippen LogP contribution >= 0.6 is 0 Å². The number of hydrogen-bond acceptors (Lipinski definition) is 4. The van der Waals surface area contributed by atoms with Crippen LogP contribution in [-0.4, -0.2) is 54.6 Å². The van der Waals surface area contributed by atoms with Gasteiger partial charge in [0.05, 0.1) is 5.69 Å². The molecule has 1 aromatic heterocycles. The number of aliphatic imine (C=N–C) groups is 1. The van der Waals surface area contributed by atoms with Crippen molar-refractivity contribution in [3.8, 4) is 0 Å². The van der Waals surface area contributed by atoms with Gasteiger partial charge in [-0.1, -0.05) is 25.9 Å². The van der Waals surface area contributed by atoms with Crippen molar-refractivity contribution in [3.63, 3.8) is 0 Å². The Hall–Kier alpha value is -2.05. The zero-order valence-corrected chi connectivity index (χ0v) is 16.2. The minimum atomic E-state index is 0.0482. The Balaban J connectivity index is 1.85. The third-order valence-electron chi connectivity index (χ3n) is 4.72. The highest BCUT2D eigenvalue weighted by Crippen LogP contribution is 2.22. The number of aryl methyl sites for hydroxylation is 2. The Morgan fingerprint density at radius 3 is 2.68 bits per heavy atom. The number of carbonyl (C=O) groups excluding carboxylic acids is 1. The molecule has 1 amide bonds. The average molecular weight is 349 g/mol. The van der Waals surface area contributed by atoms with Crippen LogP contribution in [0.5, 0.6) is 0 Å². The van der Waals surface area contributed by atoms with E-state index < -0.39 is 0 Å². The van der Waals surface area contributed by atoms with E-state index in [4.69, 9.17) is 4.52 Å². The van der Waals surface area contributed by atoms with Gasteiger partial charge in [0.25, 0.3) is 0 Å². The molecule has 0 bridgehead atoms. The monoisotopic (exact) mass is 349 g/mol. The maximum Gasteiger partial charge on any atom is 0.225 e. The van der Waals surface area contributed by atoms with Crippen LogP contribution in [0.1, 0.15) is 50.1 Å². The van der Waals surface area contributed by atoms with Crippen LogP contribution in [0.15, 0.2) is 9.52 Å². The molecule has 2 rings (SSSR count). The quantitative estimate of drug-likeness (QED) is 0.626. The lowest BCUT2D eigenvalue weighted by atomic mass is 10.00. The maximum atomic E-state index is 12.1. The summed E-state index contributed by atoms with van der Waals surface area (Å²) in [4.78, 5) is 18.3. The van der Waals surface area contributed by atoms with Crippen molar-refractivity contribution in [1.82, 2.24) is 20.7 Å². The second-order valence-corrected chi connectivity index (χ2v) is 7.16. The van der Waals surface area contributed by atoms with E-state index in [1.165, 1.54) is 0 Å². The standard InChI is InChI=1S/C18H31N5O2/c1-11(2)17(24)23-8-7-15(10-23)21-18(19-6)20-9-12(3)16-13(4)22-25-14(16)5/h11-12,15H,7-10H2,1-6H3,(H2,19,20,21). The van der Waals surface area contributed by atoms with Gasteiger partial charge in [-0.15, -0.1) is 0 Å². The third kappa shape index (κ3) is 4.74. The minimum Gasteiger partial charge on any atom is -0.361 e. The second kappa shape index (κ2) is 8.36. The molecular formula is C18H31N5O2. The lowest BCUT2D eigenvalue weighted by molar-refractivity contribution is -0.133. The van der Waals surface area contributed by atoms with Crippen molar-refractivity contribution in [2.45, 2.75) is 53.0 Å². The highest BCUT2D eigenvalue weighted by Gasteiger charge is 2.28. The summed E-state index contributed by atoms with van der Waals surface area (Å²) >= 11 is 0. The van der Waals surface area contributed by atoms with E-state index in [0.29, 0.717) is 0 Å². The van der Waals surface area contributed by atoms with Gasteiger partial charge >= 0.3 is 0 Å². The fourth-order valence-corrected chi connectivity index (χ4v) is 3.38. The molecule has 0 aliphatic carbocycles. The molecular weight excluding hydrogens is 318 g/mol. The van der Waals surface area contributed by atoms with E-state index in [9.17, 15) is 4.79 Å². The molecule has 2 unspecified atom stereocenters. The molecule has 1 saturated heterocycles. The van der Waals surface area contributed by atoms with Gasteiger partial charge in [0.1, 0.15) is 5.76 Å². The first-order valence-electron chi connectivity index (χ1n) is 9.02. The number of amides is 1. The van der Waals surface area contributed by atoms with E-state index in [0.717, 1.165) is 49.0 Å². The molecule has 0 aromatic carbocycles. The first kappa shape index (κ1) is 19.3. The Bertz CT molecular complexity index is 603. The normalized spacial score (nSPS) is 19.4. The van der Waals surface area contributed by atoms with Crippen LogP contribution in [0.2, 0.25) is 0 Å². The van der Waals surface area contributed by atoms with Crippen LogP contribution in [0.4, 0.5) is 0 Å². The highest BCUT2D eigenvalue weighted by atomic mass is 16.5. The van der Waals surface area contributed by atoms with E-state index >= 15 is 0 Å². The summed E-state index contributed by atoms with van der Waals surface area (Å²) in [5, 5.41) is 10.8. The number of rotatable bonds is 5. The molecule has 7 nitrogen and oxygen atoms in total. The van der Waals surface area contributed by atoms with Crippen molar-refractivity contribution in [2.24, 2.45) is 10.9 Å². The molecule has 140 valence electrons. The molecule has 0 radical (unpaired) electrons. The molecule has 25 heavy (non-hydrogen) atoms. The Kier molecular flexibility index (Phi) is 6.45. The summed E-state index contributed by atoms with van der Waals surface area (Å²) in [5.74, 6) is 2.18. The van der Waals surface area contributed by atoms with Crippen LogP contribution in [0.25, 0.3) is 0 Å². The molecule has 2 N–H and O–H groups in total. The fourth-order valence-electron chi connectivity index (χ4n) is 3.38. The van der Waals surface area contributed by atoms with Gasteiger partial charge in [0.2, 0.25) is 5.91 Å². The number of aromatic nitrogens is 1. The van der Waals surface area contributed by atoms with Crippen LogP contribution < -0.4 is 10.6 Å². The van der Waals surface area contributed by atoms with Crippen molar-refractivity contribution in [2.75, 3.05) is 26.7 Å². The lowest BCUT2D eigenvalue weighted by Crippen LogP contribution is -2.46. The molecule has 1 aromatic rings. The van der Waals surface area contributed by atoms with Gasteiger partial charge in [0, 0.05) is 50.1 Å². The van der Waals surface area contributed by atoms with Crippen molar-refractivity contribution < 1.29 is 9.32 Å². The SMILES string of the molecule is CN=C(NCC(C)c1c(C)noc1C)NC1CCN(C(=O)C(C)C)C1. The summed E-state index contributed by atoms with van der Waals surface area (Å²) in [5.41, 5.74) is 2.09. The topological polar surface area (TPSA) is 82.8 Å². The van der Waals surface area contributed by atoms with Crippen molar-refractivity contribution >= 4 is 11.9 Å². The minimum absolute atomic E-state index is 0.0482. The molecule has 0 spiro atoms. The number of carbonyl (C=O) groups is 1.